The van der Waals surface area contributed by atoms with Crippen LogP contribution in [0.5, 0.6) is 0 Å². The van der Waals surface area contributed by atoms with Crippen LogP contribution in [0.2, 0.25) is 0 Å². The minimum Gasteiger partial charge on any atom is -0.311 e. The van der Waals surface area contributed by atoms with E-state index in [4.69, 9.17) is 0 Å². The van der Waals surface area contributed by atoms with Crippen molar-refractivity contribution in [1.29, 1.82) is 0 Å². The maximum atomic E-state index is 2.79. The van der Waals surface area contributed by atoms with Crippen molar-refractivity contribution in [1.82, 2.24) is 4.57 Å². The van der Waals surface area contributed by atoms with E-state index in [9.17, 15) is 0 Å². The predicted octanol–water partition coefficient (Wildman–Crippen LogP) is 23.6. The Morgan fingerprint density at radius 2 is 0.578 bits per heavy atom. The number of para-hydroxylation sites is 2. The Balaban J connectivity index is 0.861. The number of rotatable bonds is 4. The Morgan fingerprint density at radius 3 is 1.09 bits per heavy atom. The van der Waals surface area contributed by atoms with Crippen molar-refractivity contribution in [2.45, 2.75) is 16.2 Å². The number of nitrogens with zero attached hydrogens (tertiary/aromatic N) is 3. The Morgan fingerprint density at radius 1 is 0.211 bits per heavy atom. The number of hydrogen-bond acceptors (Lipinski definition) is 2. The zero-order chi connectivity index (χ0) is 70.7. The molecule has 17 aromatic carbocycles. The molecule has 8 aliphatic rings. The van der Waals surface area contributed by atoms with Crippen molar-refractivity contribution in [2.75, 3.05) is 9.80 Å². The maximum absolute atomic E-state index is 2.79. The Labute approximate surface area is 631 Å². The lowest BCUT2D eigenvalue weighted by atomic mass is 9.32. The standard InChI is InChI=1S/C105H62BN3/c1-2-28-63(29-3-1)64-56-58-92-89(60-64)106-101-96(108(92)94-55-26-41-75-72-36-10-21-48-84(72)105(100(75)94)82-46-19-8-34-70(82)71-35-9-20-47-83(71)105)61-65(107-90-52-24-13-37-73(90)74-38-14-25-53-91(74)107)62-97(101)109(93-54-27-51-87-98(93)76-39-11-22-49-85(76)103(87)78-42-15-4-30-66(78)67-31-5-16-43-79(67)103)95-59-57-88-99(102(95)106)77-40-12-23-50-86(77)104(88)80-44-17-6-32-68(80)69-33-7-18-45-81(69)104/h1-62H. The van der Waals surface area contributed by atoms with E-state index in [2.05, 4.69) is 390 Å². The summed E-state index contributed by atoms with van der Waals surface area (Å²) in [6, 6.07) is 146. The molecule has 0 bridgehead atoms. The lowest BCUT2D eigenvalue weighted by molar-refractivity contribution is 0.793. The second-order valence-electron chi connectivity index (χ2n) is 31.0. The second kappa shape index (κ2) is 20.8. The number of benzene rings is 17. The molecule has 1 aromatic heterocycles. The maximum Gasteiger partial charge on any atom is 0.252 e. The molecule has 0 fully saturated rings. The van der Waals surface area contributed by atoms with Crippen LogP contribution in [0.25, 0.3) is 105 Å². The van der Waals surface area contributed by atoms with E-state index in [1.165, 1.54) is 177 Å². The van der Waals surface area contributed by atoms with Crippen molar-refractivity contribution < 1.29 is 0 Å². The quantitative estimate of drug-likeness (QED) is 0.163. The van der Waals surface area contributed by atoms with Crippen LogP contribution in [-0.2, 0) is 16.2 Å². The van der Waals surface area contributed by atoms with Gasteiger partial charge < -0.3 is 14.4 Å². The van der Waals surface area contributed by atoms with Gasteiger partial charge in [-0.15, -0.1) is 0 Å². The highest BCUT2D eigenvalue weighted by Gasteiger charge is 2.59. The third kappa shape index (κ3) is 6.88. The highest BCUT2D eigenvalue weighted by molar-refractivity contribution is 7.01. The molecule has 0 saturated heterocycles. The summed E-state index contributed by atoms with van der Waals surface area (Å²) in [6.07, 6.45) is 0. The molecular formula is C105H62BN3. The first kappa shape index (κ1) is 58.5. The van der Waals surface area contributed by atoms with Gasteiger partial charge in [-0.1, -0.05) is 328 Å². The molecule has 26 rings (SSSR count). The summed E-state index contributed by atoms with van der Waals surface area (Å²) in [4.78, 5) is 5.55. The summed E-state index contributed by atoms with van der Waals surface area (Å²) < 4.78 is 2.58. The van der Waals surface area contributed by atoms with Crippen LogP contribution in [0.3, 0.4) is 0 Å². The van der Waals surface area contributed by atoms with Gasteiger partial charge in [0.25, 0.3) is 6.71 Å². The molecule has 4 heteroatoms. The average Bonchev–Trinajstić information content (AvgIpc) is 1.54. The van der Waals surface area contributed by atoms with Crippen molar-refractivity contribution in [3.63, 3.8) is 0 Å². The molecule has 0 N–H and O–H groups in total. The minimum absolute atomic E-state index is 0.316. The number of hydrogen-bond donors (Lipinski definition) is 0. The summed E-state index contributed by atoms with van der Waals surface area (Å²) >= 11 is 0. The van der Waals surface area contributed by atoms with Gasteiger partial charge in [0.05, 0.1) is 44.3 Å². The third-order valence-corrected chi connectivity index (χ3v) is 26.6. The summed E-state index contributed by atoms with van der Waals surface area (Å²) in [5.41, 5.74) is 45.7. The largest absolute Gasteiger partial charge is 0.311 e. The molecular weight excluding hydrogens is 1310 g/mol. The zero-order valence-electron chi connectivity index (χ0n) is 59.2. The van der Waals surface area contributed by atoms with Gasteiger partial charge >= 0.3 is 0 Å². The molecule has 0 amide bonds. The molecule has 0 atom stereocenters. The van der Waals surface area contributed by atoms with Gasteiger partial charge in [0, 0.05) is 44.6 Å². The van der Waals surface area contributed by atoms with Crippen LogP contribution >= 0.6 is 0 Å². The van der Waals surface area contributed by atoms with Crippen LogP contribution in [0.4, 0.5) is 34.1 Å². The molecule has 109 heavy (non-hydrogen) atoms. The van der Waals surface area contributed by atoms with Crippen molar-refractivity contribution >= 4 is 79.0 Å². The SMILES string of the molecule is c1ccc(-c2ccc3c(c2)B2c4c(cc(-n5c6ccccc6c6ccccc65)cc4N3c3cccc4c3C3(c5ccccc5-c5ccccc53)c3ccccc3-4)N(c3cccc4c3-c3ccccc3C43c4ccccc4-c4ccccc43)c3ccc4c(c32)-c2ccccc2C42c3ccccc3-c3ccccc32)cc1. The topological polar surface area (TPSA) is 11.4 Å². The van der Waals surface area contributed by atoms with E-state index in [0.717, 1.165) is 45.2 Å². The molecule has 500 valence electrons. The van der Waals surface area contributed by atoms with Crippen LogP contribution in [0.1, 0.15) is 66.8 Å². The predicted molar refractivity (Wildman–Crippen MR) is 449 cm³/mol. The lowest BCUT2D eigenvalue weighted by Gasteiger charge is -2.46. The highest BCUT2D eigenvalue weighted by Crippen LogP contribution is 2.69. The molecule has 0 unspecified atom stereocenters. The van der Waals surface area contributed by atoms with E-state index < -0.39 is 16.2 Å². The first-order chi connectivity index (χ1) is 54.1. The normalized spacial score (nSPS) is 15.0. The second-order valence-corrected chi connectivity index (χ2v) is 31.0. The highest BCUT2D eigenvalue weighted by atomic mass is 15.2. The van der Waals surface area contributed by atoms with Gasteiger partial charge in [0.2, 0.25) is 0 Å². The van der Waals surface area contributed by atoms with Gasteiger partial charge in [-0.25, -0.2) is 0 Å². The molecule has 6 aliphatic carbocycles. The van der Waals surface area contributed by atoms with Gasteiger partial charge in [0.1, 0.15) is 0 Å². The number of anilines is 6. The summed E-state index contributed by atoms with van der Waals surface area (Å²) in [7, 11) is 0. The van der Waals surface area contributed by atoms with Gasteiger partial charge in [-0.2, -0.15) is 0 Å². The van der Waals surface area contributed by atoms with Crippen LogP contribution < -0.4 is 26.2 Å². The van der Waals surface area contributed by atoms with Crippen molar-refractivity contribution in [3.8, 4) is 83.6 Å². The van der Waals surface area contributed by atoms with E-state index in [1.807, 2.05) is 0 Å². The van der Waals surface area contributed by atoms with Gasteiger partial charge in [-0.3, -0.25) is 0 Å². The molecule has 2 aliphatic heterocycles. The van der Waals surface area contributed by atoms with Crippen LogP contribution in [-0.4, -0.2) is 11.3 Å². The summed E-state index contributed by atoms with van der Waals surface area (Å²) in [5.74, 6) is 0. The zero-order valence-corrected chi connectivity index (χ0v) is 59.2. The molecule has 3 nitrogen and oxygen atoms in total. The summed E-state index contributed by atoms with van der Waals surface area (Å²) in [6.45, 7) is -0.316. The minimum atomic E-state index is -0.683. The first-order valence-electron chi connectivity index (χ1n) is 38.4. The fraction of sp³-hybridized carbons (Fsp3) is 0.0286. The van der Waals surface area contributed by atoms with E-state index in [-0.39, 0.29) is 6.71 Å². The smallest absolute Gasteiger partial charge is 0.252 e. The Hall–Kier alpha value is -13.8. The molecule has 3 spiro atoms. The van der Waals surface area contributed by atoms with Crippen molar-refractivity contribution in [3.05, 3.63) is 443 Å². The Bertz CT molecular complexity index is 6960. The fourth-order valence-corrected chi connectivity index (χ4v) is 23.0. The first-order valence-corrected chi connectivity index (χ1v) is 38.4. The van der Waals surface area contributed by atoms with Crippen LogP contribution in [0.15, 0.2) is 376 Å². The average molecular weight is 1380 g/mol. The molecule has 3 heterocycles. The van der Waals surface area contributed by atoms with Crippen LogP contribution in [0, 0.1) is 0 Å². The molecule has 0 radical (unpaired) electrons. The molecule has 0 saturated carbocycles. The van der Waals surface area contributed by atoms with Gasteiger partial charge in [0.15, 0.2) is 0 Å². The third-order valence-electron chi connectivity index (χ3n) is 26.6. The Kier molecular flexibility index (Phi) is 11.2. The fourth-order valence-electron chi connectivity index (χ4n) is 23.0. The van der Waals surface area contributed by atoms with Crippen molar-refractivity contribution in [2.24, 2.45) is 0 Å². The van der Waals surface area contributed by atoms with E-state index >= 15 is 0 Å². The van der Waals surface area contributed by atoms with Gasteiger partial charge in [-0.05, 0) is 198 Å². The van der Waals surface area contributed by atoms with E-state index in [1.54, 1.807) is 0 Å². The van der Waals surface area contributed by atoms with E-state index in [0.29, 0.717) is 0 Å². The lowest BCUT2D eigenvalue weighted by Crippen LogP contribution is -2.62. The number of aromatic nitrogens is 1. The molecule has 18 aromatic rings. The monoisotopic (exact) mass is 1380 g/mol. The number of fused-ring (bicyclic) bond motifs is 38. The summed E-state index contributed by atoms with van der Waals surface area (Å²) in [5, 5.41) is 2.44.